The summed E-state index contributed by atoms with van der Waals surface area (Å²) >= 11 is 0. The largest absolute Gasteiger partial charge is 1.00 e. The molecule has 0 spiro atoms. The minimum Gasteiger partial charge on any atom is -1.00 e. The molecule has 0 radical (unpaired) electrons. The maximum Gasteiger partial charge on any atom is 1.00 e. The van der Waals surface area contributed by atoms with Gasteiger partial charge in [-0.3, -0.25) is 0 Å². The summed E-state index contributed by atoms with van der Waals surface area (Å²) in [5.74, 6) is 8.29. The molecule has 0 aliphatic carbocycles. The van der Waals surface area contributed by atoms with E-state index in [9.17, 15) is 0 Å². The second-order valence-electron chi connectivity index (χ2n) is 8.53. The van der Waals surface area contributed by atoms with Crippen LogP contribution in [0.1, 0.15) is 137 Å². The summed E-state index contributed by atoms with van der Waals surface area (Å²) in [6, 6.07) is 0. The molecule has 0 saturated heterocycles. The molecule has 0 atom stereocenters. The van der Waals surface area contributed by atoms with Crippen molar-refractivity contribution in [3.63, 3.8) is 0 Å². The Morgan fingerprint density at radius 3 is 1.35 bits per heavy atom. The zero-order valence-electron chi connectivity index (χ0n) is 24.1. The van der Waals surface area contributed by atoms with Crippen LogP contribution >= 0.6 is 0 Å². The van der Waals surface area contributed by atoms with Gasteiger partial charge in [0.05, 0.1) is 0 Å². The van der Waals surface area contributed by atoms with Crippen LogP contribution in [-0.2, 0) is 0 Å². The Kier molecular flexibility index (Phi) is 56.0. The molecule has 0 fully saturated rings. The van der Waals surface area contributed by atoms with Gasteiger partial charge in [-0.05, 0) is 38.8 Å². The van der Waals surface area contributed by atoms with E-state index in [4.69, 9.17) is 28.1 Å². The number of nitrogens with two attached hydrogens (primary N) is 2. The van der Waals surface area contributed by atoms with Gasteiger partial charge in [-0.1, -0.05) is 103 Å². The molecule has 6 N–H and O–H groups in total. The maximum absolute atomic E-state index is 8.57. The van der Waals surface area contributed by atoms with Gasteiger partial charge in [-0.2, -0.15) is 0 Å². The number of aliphatic hydroxyl groups is 2. The number of rotatable bonds is 20. The standard InChI is InChI=1S/2C13H24O.C3H10N2.Na.H/c2*1-2-3-4-5-6-7-8-9-10-11-12-13-14;4-2-1-3-5;;/h14H,2-10,13H2,1H3;1,14H,3-13H2;1-5H2;;/q;;;+1;-1. The summed E-state index contributed by atoms with van der Waals surface area (Å²) in [7, 11) is 0. The summed E-state index contributed by atoms with van der Waals surface area (Å²) in [5.41, 5.74) is 10.1. The quantitative estimate of drug-likeness (QED) is 0.119. The first-order valence-corrected chi connectivity index (χ1v) is 13.8. The average Bonchev–Trinajstić information content (AvgIpc) is 2.83. The van der Waals surface area contributed by atoms with Crippen LogP contribution in [-0.4, -0.2) is 36.5 Å². The average molecular weight is 491 g/mol. The van der Waals surface area contributed by atoms with Crippen LogP contribution in [0.4, 0.5) is 0 Å². The van der Waals surface area contributed by atoms with E-state index in [0.717, 1.165) is 38.8 Å². The molecule has 0 rings (SSSR count). The molecule has 0 aliphatic heterocycles. The predicted molar refractivity (Wildman–Crippen MR) is 148 cm³/mol. The summed E-state index contributed by atoms with van der Waals surface area (Å²) in [4.78, 5) is 0. The molecule has 0 amide bonds. The molecule has 0 aromatic carbocycles. The minimum atomic E-state index is 0. The van der Waals surface area contributed by atoms with Gasteiger partial charge in [0.2, 0.25) is 0 Å². The van der Waals surface area contributed by atoms with Crippen LogP contribution in [0.25, 0.3) is 0 Å². The molecule has 0 aliphatic rings. The van der Waals surface area contributed by atoms with Crippen LogP contribution in [0.5, 0.6) is 0 Å². The molecular weight excluding hydrogens is 431 g/mol. The fraction of sp³-hybridized carbons (Fsp3) is 0.862. The number of hydrogen-bond acceptors (Lipinski definition) is 4. The van der Waals surface area contributed by atoms with Gasteiger partial charge in [-0.15, -0.1) is 18.3 Å². The Morgan fingerprint density at radius 2 is 1.00 bits per heavy atom. The second-order valence-corrected chi connectivity index (χ2v) is 8.53. The third kappa shape index (κ3) is 53.4. The van der Waals surface area contributed by atoms with Crippen molar-refractivity contribution in [2.24, 2.45) is 11.5 Å². The fourth-order valence-corrected chi connectivity index (χ4v) is 3.19. The van der Waals surface area contributed by atoms with E-state index < -0.39 is 0 Å². The molecule has 4 nitrogen and oxygen atoms in total. The van der Waals surface area contributed by atoms with Crippen LogP contribution in [0.15, 0.2) is 0 Å². The molecule has 0 saturated carbocycles. The number of aliphatic hydroxyl groups excluding tert-OH is 2. The van der Waals surface area contributed by atoms with Gasteiger partial charge in [-0.25, -0.2) is 0 Å². The summed E-state index contributed by atoms with van der Waals surface area (Å²) in [6.07, 6.45) is 30.1. The molecule has 0 aromatic rings. The van der Waals surface area contributed by atoms with E-state index >= 15 is 0 Å². The molecule has 34 heavy (non-hydrogen) atoms. The number of unbranched alkanes of at least 4 members (excludes halogenated alkanes) is 17. The molecule has 198 valence electrons. The van der Waals surface area contributed by atoms with Crippen LogP contribution in [0, 0.1) is 24.2 Å². The third-order valence-electron chi connectivity index (χ3n) is 5.25. The fourth-order valence-electron chi connectivity index (χ4n) is 3.19. The van der Waals surface area contributed by atoms with Gasteiger partial charge >= 0.3 is 29.6 Å². The van der Waals surface area contributed by atoms with Crippen LogP contribution < -0.4 is 41.0 Å². The van der Waals surface area contributed by atoms with Crippen LogP contribution in [0.2, 0.25) is 0 Å². The van der Waals surface area contributed by atoms with Crippen molar-refractivity contribution in [3.05, 3.63) is 0 Å². The first-order chi connectivity index (χ1) is 16.2. The smallest absolute Gasteiger partial charge is 1.00 e. The molecule has 0 unspecified atom stereocenters. The molecule has 0 aromatic heterocycles. The minimum absolute atomic E-state index is 0. The SMILES string of the molecule is C#CCCCCCCCCCCCO.CCCCCCCCCCC#CCO.NCCCN.[H-].[Na+]. The molecule has 0 bridgehead atoms. The van der Waals surface area contributed by atoms with Gasteiger partial charge in [0.25, 0.3) is 0 Å². The van der Waals surface area contributed by atoms with Crippen molar-refractivity contribution in [2.75, 3.05) is 26.3 Å². The second kappa shape index (κ2) is 46.3. The molecule has 0 heterocycles. The summed E-state index contributed by atoms with van der Waals surface area (Å²) in [5, 5.41) is 17.0. The van der Waals surface area contributed by atoms with Crippen molar-refractivity contribution in [2.45, 2.75) is 135 Å². The van der Waals surface area contributed by atoms with E-state index in [1.54, 1.807) is 0 Å². The van der Waals surface area contributed by atoms with Gasteiger partial charge in [0, 0.05) is 19.4 Å². The van der Waals surface area contributed by atoms with Crippen LogP contribution in [0.3, 0.4) is 0 Å². The normalized spacial score (nSPS) is 9.29. The summed E-state index contributed by atoms with van der Waals surface area (Å²) in [6.45, 7) is 4.05. The topological polar surface area (TPSA) is 92.5 Å². The number of hydrogen-bond donors (Lipinski definition) is 4. The predicted octanol–water partition coefficient (Wildman–Crippen LogP) is 3.44. The maximum atomic E-state index is 8.57. The Labute approximate surface area is 237 Å². The first kappa shape index (κ1) is 41.1. The zero-order valence-corrected chi connectivity index (χ0v) is 25.1. The summed E-state index contributed by atoms with van der Waals surface area (Å²) < 4.78 is 0. The zero-order chi connectivity index (χ0) is 25.1. The molecule has 5 heteroatoms. The Morgan fingerprint density at radius 1 is 0.588 bits per heavy atom. The van der Waals surface area contributed by atoms with E-state index in [1.807, 2.05) is 0 Å². The Bertz CT molecular complexity index is 421. The van der Waals surface area contributed by atoms with Crippen molar-refractivity contribution in [3.8, 4) is 24.2 Å². The van der Waals surface area contributed by atoms with E-state index in [0.29, 0.717) is 6.61 Å². The van der Waals surface area contributed by atoms with E-state index in [2.05, 4.69) is 24.7 Å². The first-order valence-electron chi connectivity index (χ1n) is 13.8. The Balaban J connectivity index is -0.000000137. The van der Waals surface area contributed by atoms with Gasteiger partial charge < -0.3 is 23.1 Å². The van der Waals surface area contributed by atoms with Crippen molar-refractivity contribution in [1.29, 1.82) is 0 Å². The van der Waals surface area contributed by atoms with Gasteiger partial charge in [0.15, 0.2) is 0 Å². The third-order valence-corrected chi connectivity index (χ3v) is 5.25. The monoisotopic (exact) mass is 490 g/mol. The van der Waals surface area contributed by atoms with Gasteiger partial charge in [0.1, 0.15) is 6.61 Å². The van der Waals surface area contributed by atoms with Crippen molar-refractivity contribution < 1.29 is 41.2 Å². The van der Waals surface area contributed by atoms with E-state index in [-0.39, 0.29) is 37.6 Å². The number of terminal acetylenes is 1. The van der Waals surface area contributed by atoms with Crippen molar-refractivity contribution in [1.82, 2.24) is 0 Å². The van der Waals surface area contributed by atoms with E-state index in [1.165, 1.54) is 103 Å². The molecular formula is C29H59N2NaO2. The Hall–Kier alpha value is -0.0400. The van der Waals surface area contributed by atoms with Crippen molar-refractivity contribution >= 4 is 0 Å².